The van der Waals surface area contributed by atoms with Crippen molar-refractivity contribution in [2.24, 2.45) is 5.73 Å². The Morgan fingerprint density at radius 3 is 2.96 bits per heavy atom. The predicted octanol–water partition coefficient (Wildman–Crippen LogP) is 2.35. The van der Waals surface area contributed by atoms with Crippen molar-refractivity contribution in [3.05, 3.63) is 48.0 Å². The number of benzene rings is 1. The number of nitrogens with two attached hydrogens (primary N) is 1. The molecule has 2 N–H and O–H groups in total. The van der Waals surface area contributed by atoms with E-state index in [1.54, 1.807) is 35.2 Å². The van der Waals surface area contributed by atoms with Gasteiger partial charge in [-0.3, -0.25) is 9.69 Å². The first kappa shape index (κ1) is 18.3. The third-order valence-corrected chi connectivity index (χ3v) is 4.53. The van der Waals surface area contributed by atoms with Crippen LogP contribution in [0.1, 0.15) is 30.1 Å². The number of primary amides is 1. The van der Waals surface area contributed by atoms with Gasteiger partial charge >= 0.3 is 6.61 Å². The van der Waals surface area contributed by atoms with Crippen LogP contribution in [0, 0.1) is 0 Å². The van der Waals surface area contributed by atoms with Crippen LogP contribution in [0.3, 0.4) is 0 Å². The highest BCUT2D eigenvalue weighted by molar-refractivity contribution is 5.73. The second-order valence-corrected chi connectivity index (χ2v) is 6.44. The zero-order chi connectivity index (χ0) is 18.5. The molecular weight excluding hydrogens is 342 g/mol. The van der Waals surface area contributed by atoms with Gasteiger partial charge < -0.3 is 15.0 Å². The summed E-state index contributed by atoms with van der Waals surface area (Å²) < 4.78 is 31.6. The van der Waals surface area contributed by atoms with Crippen molar-refractivity contribution in [1.29, 1.82) is 0 Å². The van der Waals surface area contributed by atoms with Gasteiger partial charge in [-0.1, -0.05) is 18.2 Å². The van der Waals surface area contributed by atoms with Crippen LogP contribution in [-0.4, -0.2) is 40.1 Å². The average molecular weight is 364 g/mol. The molecule has 8 heteroatoms. The minimum absolute atomic E-state index is 0.108. The number of para-hydroxylation sites is 1. The first-order chi connectivity index (χ1) is 12.5. The van der Waals surface area contributed by atoms with Crippen molar-refractivity contribution in [3.63, 3.8) is 0 Å². The Bertz CT molecular complexity index is 750. The van der Waals surface area contributed by atoms with E-state index in [0.717, 1.165) is 37.3 Å². The number of imidazole rings is 1. The Hall–Kier alpha value is -2.48. The first-order valence-electron chi connectivity index (χ1n) is 8.57. The maximum absolute atomic E-state index is 12.6. The molecule has 6 nitrogen and oxygen atoms in total. The lowest BCUT2D eigenvalue weighted by Gasteiger charge is -2.33. The van der Waals surface area contributed by atoms with Crippen molar-refractivity contribution >= 4 is 5.91 Å². The van der Waals surface area contributed by atoms with E-state index in [9.17, 15) is 13.6 Å². The normalized spacial score (nSPS) is 18.2. The monoisotopic (exact) mass is 364 g/mol. The molecule has 1 fully saturated rings. The van der Waals surface area contributed by atoms with Gasteiger partial charge in [0.05, 0.1) is 0 Å². The Morgan fingerprint density at radius 1 is 1.38 bits per heavy atom. The Morgan fingerprint density at radius 2 is 2.19 bits per heavy atom. The number of piperidine rings is 1. The maximum Gasteiger partial charge on any atom is 0.387 e. The fourth-order valence-electron chi connectivity index (χ4n) is 3.48. The van der Waals surface area contributed by atoms with E-state index in [1.807, 2.05) is 6.07 Å². The molecule has 2 heterocycles. The van der Waals surface area contributed by atoms with Crippen LogP contribution in [0.15, 0.2) is 36.7 Å². The highest BCUT2D eigenvalue weighted by Gasteiger charge is 2.25. The number of carbonyl (C=O) groups excluding carboxylic acids is 1. The third kappa shape index (κ3) is 4.57. The largest absolute Gasteiger partial charge is 0.434 e. The number of halogens is 2. The van der Waals surface area contributed by atoms with Crippen LogP contribution in [0.4, 0.5) is 8.78 Å². The summed E-state index contributed by atoms with van der Waals surface area (Å²) in [6, 6.07) is 6.85. The lowest BCUT2D eigenvalue weighted by molar-refractivity contribution is -0.118. The zero-order valence-electron chi connectivity index (χ0n) is 14.4. The van der Waals surface area contributed by atoms with E-state index in [1.165, 1.54) is 0 Å². The van der Waals surface area contributed by atoms with Crippen molar-refractivity contribution < 1.29 is 18.3 Å². The predicted molar refractivity (Wildman–Crippen MR) is 91.7 cm³/mol. The van der Waals surface area contributed by atoms with Gasteiger partial charge in [0.1, 0.15) is 18.1 Å². The van der Waals surface area contributed by atoms with Crippen molar-refractivity contribution in [2.75, 3.05) is 13.1 Å². The van der Waals surface area contributed by atoms with E-state index >= 15 is 0 Å². The summed E-state index contributed by atoms with van der Waals surface area (Å²) in [7, 11) is 0. The Labute approximate surface area is 150 Å². The SMILES string of the molecule is NC(=O)Cn1ccnc1[C@H]1CCCN(Cc2ccccc2OC(F)F)C1. The number of amides is 1. The molecule has 0 unspecified atom stereocenters. The zero-order valence-corrected chi connectivity index (χ0v) is 14.4. The smallest absolute Gasteiger partial charge is 0.387 e. The molecule has 0 radical (unpaired) electrons. The summed E-state index contributed by atoms with van der Waals surface area (Å²) in [4.78, 5) is 17.8. The van der Waals surface area contributed by atoms with E-state index in [-0.39, 0.29) is 18.2 Å². The first-order valence-corrected chi connectivity index (χ1v) is 8.57. The number of carbonyl (C=O) groups is 1. The van der Waals surface area contributed by atoms with E-state index in [4.69, 9.17) is 5.73 Å². The van der Waals surface area contributed by atoms with Crippen LogP contribution in [0.25, 0.3) is 0 Å². The van der Waals surface area contributed by atoms with Gasteiger partial charge in [0.15, 0.2) is 0 Å². The molecule has 3 rings (SSSR count). The second-order valence-electron chi connectivity index (χ2n) is 6.44. The molecule has 0 bridgehead atoms. The summed E-state index contributed by atoms with van der Waals surface area (Å²) in [6.45, 7) is -0.603. The molecule has 140 valence electrons. The van der Waals surface area contributed by atoms with Gasteiger partial charge in [0, 0.05) is 37.0 Å². The lowest BCUT2D eigenvalue weighted by atomic mass is 9.96. The van der Waals surface area contributed by atoms with Gasteiger partial charge in [-0.15, -0.1) is 0 Å². The molecule has 2 aromatic rings. The van der Waals surface area contributed by atoms with Crippen molar-refractivity contribution in [2.45, 2.75) is 38.5 Å². The molecular formula is C18H22F2N4O2. The van der Waals surface area contributed by atoms with Gasteiger partial charge in [0.25, 0.3) is 0 Å². The molecule has 1 amide bonds. The number of likely N-dealkylation sites (tertiary alicyclic amines) is 1. The van der Waals surface area contributed by atoms with Gasteiger partial charge in [-0.05, 0) is 25.5 Å². The second kappa shape index (κ2) is 8.27. The van der Waals surface area contributed by atoms with Crippen LogP contribution < -0.4 is 10.5 Å². The molecule has 1 saturated heterocycles. The van der Waals surface area contributed by atoms with Gasteiger partial charge in [-0.25, -0.2) is 4.98 Å². The minimum Gasteiger partial charge on any atom is -0.434 e. The summed E-state index contributed by atoms with van der Waals surface area (Å²) in [5, 5.41) is 0. The van der Waals surface area contributed by atoms with E-state index in [2.05, 4.69) is 14.6 Å². The fraction of sp³-hybridized carbons (Fsp3) is 0.444. The number of ether oxygens (including phenoxy) is 1. The number of rotatable bonds is 7. The van der Waals surface area contributed by atoms with Crippen LogP contribution in [0.2, 0.25) is 0 Å². The summed E-state index contributed by atoms with van der Waals surface area (Å²) >= 11 is 0. The third-order valence-electron chi connectivity index (χ3n) is 4.53. The average Bonchev–Trinajstić information content (AvgIpc) is 3.04. The standard InChI is InChI=1S/C18H22F2N4O2/c19-18(20)26-15-6-2-1-4-13(15)10-23-8-3-5-14(11-23)17-22-7-9-24(17)12-16(21)25/h1-2,4,6-7,9,14,18H,3,5,8,10-12H2,(H2,21,25)/t14-/m0/s1. The number of alkyl halides is 2. The molecule has 0 spiro atoms. The summed E-state index contributed by atoms with van der Waals surface area (Å²) in [5.74, 6) is 0.807. The minimum atomic E-state index is -2.84. The van der Waals surface area contributed by atoms with Crippen LogP contribution in [-0.2, 0) is 17.9 Å². The molecule has 1 aromatic carbocycles. The highest BCUT2D eigenvalue weighted by atomic mass is 19.3. The molecule has 0 saturated carbocycles. The molecule has 1 atom stereocenters. The Kier molecular flexibility index (Phi) is 5.82. The van der Waals surface area contributed by atoms with E-state index in [0.29, 0.717) is 6.54 Å². The quantitative estimate of drug-likeness (QED) is 0.819. The van der Waals surface area contributed by atoms with Crippen molar-refractivity contribution in [3.8, 4) is 5.75 Å². The number of nitrogens with zero attached hydrogens (tertiary/aromatic N) is 3. The molecule has 1 aliphatic rings. The highest BCUT2D eigenvalue weighted by Crippen LogP contribution is 2.29. The number of hydrogen-bond donors (Lipinski definition) is 1. The maximum atomic E-state index is 12.6. The fourth-order valence-corrected chi connectivity index (χ4v) is 3.48. The topological polar surface area (TPSA) is 73.4 Å². The Balaban J connectivity index is 1.70. The molecule has 1 aromatic heterocycles. The van der Waals surface area contributed by atoms with Gasteiger partial charge in [0.2, 0.25) is 5.91 Å². The number of hydrogen-bond acceptors (Lipinski definition) is 4. The molecule has 0 aliphatic carbocycles. The summed E-state index contributed by atoms with van der Waals surface area (Å²) in [5.41, 5.74) is 6.03. The molecule has 1 aliphatic heterocycles. The van der Waals surface area contributed by atoms with Gasteiger partial charge in [-0.2, -0.15) is 8.78 Å². The summed E-state index contributed by atoms with van der Waals surface area (Å²) in [6.07, 6.45) is 5.35. The van der Waals surface area contributed by atoms with Crippen molar-refractivity contribution in [1.82, 2.24) is 14.5 Å². The lowest BCUT2D eigenvalue weighted by Crippen LogP contribution is -2.35. The van der Waals surface area contributed by atoms with Crippen LogP contribution in [0.5, 0.6) is 5.75 Å². The molecule has 26 heavy (non-hydrogen) atoms. The van der Waals surface area contributed by atoms with Crippen LogP contribution >= 0.6 is 0 Å². The number of aromatic nitrogens is 2. The van der Waals surface area contributed by atoms with E-state index < -0.39 is 12.5 Å².